The molecular formula is C14H29NO. The van der Waals surface area contributed by atoms with Gasteiger partial charge in [-0.25, -0.2) is 0 Å². The van der Waals surface area contributed by atoms with Crippen molar-refractivity contribution in [2.24, 2.45) is 11.3 Å². The zero-order chi connectivity index (χ0) is 13.1. The quantitative estimate of drug-likeness (QED) is 0.644. The lowest BCUT2D eigenvalue weighted by molar-refractivity contribution is -0.00927. The highest BCUT2D eigenvalue weighted by molar-refractivity contribution is 5.05. The first kappa shape index (κ1) is 15.5. The number of nitrogens with zero attached hydrogens (tertiary/aromatic N) is 1. The van der Waals surface area contributed by atoms with Crippen molar-refractivity contribution in [1.29, 1.82) is 0 Å². The molecule has 0 fully saturated rings. The summed E-state index contributed by atoms with van der Waals surface area (Å²) >= 11 is 0. The lowest BCUT2D eigenvalue weighted by Crippen LogP contribution is -2.55. The average molecular weight is 227 g/mol. The zero-order valence-electron chi connectivity index (χ0n) is 12.3. The molecule has 0 N–H and O–H groups in total. The van der Waals surface area contributed by atoms with Crippen LogP contribution in [0.25, 0.3) is 0 Å². The normalized spacial score (nSPS) is 16.4. The van der Waals surface area contributed by atoms with E-state index in [1.165, 1.54) is 0 Å². The predicted molar refractivity (Wildman–Crippen MR) is 71.5 cm³/mol. The molecule has 0 heterocycles. The molecule has 0 aliphatic carbocycles. The lowest BCUT2D eigenvalue weighted by atomic mass is 9.64. The Morgan fingerprint density at radius 3 is 1.94 bits per heavy atom. The van der Waals surface area contributed by atoms with Crippen LogP contribution >= 0.6 is 0 Å². The molecule has 0 aromatic carbocycles. The molecule has 2 heteroatoms. The van der Waals surface area contributed by atoms with E-state index in [-0.39, 0.29) is 11.0 Å². The Morgan fingerprint density at radius 1 is 1.25 bits per heavy atom. The Morgan fingerprint density at radius 2 is 1.69 bits per heavy atom. The second-order valence-corrected chi connectivity index (χ2v) is 5.96. The van der Waals surface area contributed by atoms with Gasteiger partial charge in [0.2, 0.25) is 0 Å². The summed E-state index contributed by atoms with van der Waals surface area (Å²) in [6.45, 7) is 15.4. The molecule has 0 aliphatic rings. The van der Waals surface area contributed by atoms with Gasteiger partial charge < -0.3 is 9.64 Å². The standard InChI is InChI=1S/C14H29NO/c1-11(2)13(4,5)14(6,15(7)8)10-12(3)16-9/h11H,3,10H2,1-2,4-9H3. The van der Waals surface area contributed by atoms with Crippen LogP contribution in [0.2, 0.25) is 0 Å². The minimum absolute atomic E-state index is 0.0499. The molecule has 0 aliphatic heterocycles. The van der Waals surface area contributed by atoms with E-state index in [1.807, 2.05) is 0 Å². The molecule has 0 saturated heterocycles. The fourth-order valence-electron chi connectivity index (χ4n) is 2.04. The zero-order valence-corrected chi connectivity index (χ0v) is 12.3. The number of rotatable bonds is 6. The van der Waals surface area contributed by atoms with Crippen molar-refractivity contribution in [2.45, 2.75) is 46.6 Å². The van der Waals surface area contributed by atoms with Gasteiger partial charge in [-0.15, -0.1) is 0 Å². The number of hydrogen-bond acceptors (Lipinski definition) is 2. The van der Waals surface area contributed by atoms with E-state index in [0.717, 1.165) is 12.2 Å². The monoisotopic (exact) mass is 227 g/mol. The molecule has 0 saturated carbocycles. The maximum absolute atomic E-state index is 5.25. The van der Waals surface area contributed by atoms with Gasteiger partial charge in [-0.3, -0.25) is 0 Å². The Labute approximate surface area is 102 Å². The van der Waals surface area contributed by atoms with Gasteiger partial charge in [-0.2, -0.15) is 0 Å². The molecule has 96 valence electrons. The van der Waals surface area contributed by atoms with Gasteiger partial charge in [0.1, 0.15) is 0 Å². The summed E-state index contributed by atoms with van der Waals surface area (Å²) < 4.78 is 5.25. The molecule has 0 bridgehead atoms. The molecule has 0 radical (unpaired) electrons. The second-order valence-electron chi connectivity index (χ2n) is 5.96. The van der Waals surface area contributed by atoms with Crippen LogP contribution in [0, 0.1) is 11.3 Å². The second kappa shape index (κ2) is 5.22. The summed E-state index contributed by atoms with van der Waals surface area (Å²) in [6, 6.07) is 0. The van der Waals surface area contributed by atoms with Crippen LogP contribution in [0.1, 0.15) is 41.0 Å². The first-order valence-electron chi connectivity index (χ1n) is 5.98. The number of ether oxygens (including phenoxy) is 1. The van der Waals surface area contributed by atoms with E-state index in [2.05, 4.69) is 60.2 Å². The Kier molecular flexibility index (Phi) is 5.06. The molecule has 16 heavy (non-hydrogen) atoms. The van der Waals surface area contributed by atoms with Crippen molar-refractivity contribution in [2.75, 3.05) is 21.2 Å². The summed E-state index contributed by atoms with van der Waals surface area (Å²) in [6.07, 6.45) is 0.863. The van der Waals surface area contributed by atoms with Crippen molar-refractivity contribution in [3.63, 3.8) is 0 Å². The predicted octanol–water partition coefficient (Wildman–Crippen LogP) is 3.54. The number of hydrogen-bond donors (Lipinski definition) is 0. The van der Waals surface area contributed by atoms with Gasteiger partial charge in [-0.1, -0.05) is 34.3 Å². The molecule has 2 nitrogen and oxygen atoms in total. The fourth-order valence-corrected chi connectivity index (χ4v) is 2.04. The minimum Gasteiger partial charge on any atom is -0.502 e. The van der Waals surface area contributed by atoms with Crippen LogP contribution in [0.5, 0.6) is 0 Å². The van der Waals surface area contributed by atoms with Gasteiger partial charge in [0.15, 0.2) is 0 Å². The van der Waals surface area contributed by atoms with E-state index in [1.54, 1.807) is 7.11 Å². The van der Waals surface area contributed by atoms with Crippen LogP contribution in [0.4, 0.5) is 0 Å². The maximum Gasteiger partial charge on any atom is 0.0902 e. The molecule has 0 amide bonds. The first-order chi connectivity index (χ1) is 7.09. The van der Waals surface area contributed by atoms with Gasteiger partial charge in [0.05, 0.1) is 12.9 Å². The van der Waals surface area contributed by atoms with E-state index in [9.17, 15) is 0 Å². The van der Waals surface area contributed by atoms with Gasteiger partial charge in [0.25, 0.3) is 0 Å². The third-order valence-electron chi connectivity index (χ3n) is 4.65. The van der Waals surface area contributed by atoms with Crippen LogP contribution < -0.4 is 0 Å². The van der Waals surface area contributed by atoms with Crippen molar-refractivity contribution in [3.8, 4) is 0 Å². The summed E-state index contributed by atoms with van der Waals surface area (Å²) in [5.74, 6) is 1.45. The summed E-state index contributed by atoms with van der Waals surface area (Å²) in [5, 5.41) is 0. The first-order valence-corrected chi connectivity index (χ1v) is 5.98. The lowest BCUT2D eigenvalue weighted by Gasteiger charge is -2.51. The van der Waals surface area contributed by atoms with Crippen LogP contribution in [0.15, 0.2) is 12.3 Å². The van der Waals surface area contributed by atoms with Crippen LogP contribution in [-0.2, 0) is 4.74 Å². The highest BCUT2D eigenvalue weighted by Gasteiger charge is 2.45. The maximum atomic E-state index is 5.25. The highest BCUT2D eigenvalue weighted by Crippen LogP contribution is 2.44. The highest BCUT2D eigenvalue weighted by atomic mass is 16.5. The minimum atomic E-state index is 0.0499. The van der Waals surface area contributed by atoms with Crippen molar-refractivity contribution >= 4 is 0 Å². The summed E-state index contributed by atoms with van der Waals surface area (Å²) in [4.78, 5) is 2.29. The molecule has 0 rings (SSSR count). The topological polar surface area (TPSA) is 12.5 Å². The fraction of sp³-hybridized carbons (Fsp3) is 0.857. The Bertz CT molecular complexity index is 243. The Balaban J connectivity index is 5.18. The molecule has 1 atom stereocenters. The summed E-state index contributed by atoms with van der Waals surface area (Å²) in [7, 11) is 5.96. The van der Waals surface area contributed by atoms with Gasteiger partial charge in [-0.05, 0) is 32.4 Å². The van der Waals surface area contributed by atoms with Crippen molar-refractivity contribution < 1.29 is 4.74 Å². The van der Waals surface area contributed by atoms with Crippen molar-refractivity contribution in [3.05, 3.63) is 12.3 Å². The third-order valence-corrected chi connectivity index (χ3v) is 4.65. The summed E-state index contributed by atoms with van der Waals surface area (Å²) in [5.41, 5.74) is 0.242. The van der Waals surface area contributed by atoms with Gasteiger partial charge >= 0.3 is 0 Å². The smallest absolute Gasteiger partial charge is 0.0902 e. The molecule has 0 aromatic heterocycles. The van der Waals surface area contributed by atoms with Gasteiger partial charge in [0, 0.05) is 12.0 Å². The average Bonchev–Trinajstić information content (AvgIpc) is 2.16. The van der Waals surface area contributed by atoms with E-state index in [0.29, 0.717) is 5.92 Å². The van der Waals surface area contributed by atoms with E-state index >= 15 is 0 Å². The van der Waals surface area contributed by atoms with Crippen LogP contribution in [-0.4, -0.2) is 31.6 Å². The molecule has 0 spiro atoms. The number of methoxy groups -OCH3 is 1. The Hall–Kier alpha value is -0.500. The largest absolute Gasteiger partial charge is 0.502 e. The van der Waals surface area contributed by atoms with Crippen LogP contribution in [0.3, 0.4) is 0 Å². The molecule has 1 unspecified atom stereocenters. The molecule has 0 aromatic rings. The van der Waals surface area contributed by atoms with Crippen molar-refractivity contribution in [1.82, 2.24) is 4.90 Å². The van der Waals surface area contributed by atoms with E-state index in [4.69, 9.17) is 4.74 Å². The SMILES string of the molecule is C=C(CC(C)(N(C)C)C(C)(C)C(C)C)OC. The molecular weight excluding hydrogens is 198 g/mol. The van der Waals surface area contributed by atoms with E-state index < -0.39 is 0 Å². The third kappa shape index (κ3) is 2.79.